The topological polar surface area (TPSA) is 33.1 Å². The van der Waals surface area contributed by atoms with Crippen molar-refractivity contribution in [2.45, 2.75) is 51.0 Å². The molecule has 0 spiro atoms. The van der Waals surface area contributed by atoms with E-state index in [-0.39, 0.29) is 5.82 Å². The number of benzene rings is 1. The third kappa shape index (κ3) is 3.30. The van der Waals surface area contributed by atoms with Gasteiger partial charge in [0.25, 0.3) is 0 Å². The van der Waals surface area contributed by atoms with Crippen molar-refractivity contribution < 1.29 is 9.50 Å². The fourth-order valence-corrected chi connectivity index (χ4v) is 3.67. The van der Waals surface area contributed by atoms with Gasteiger partial charge in [-0.25, -0.2) is 9.37 Å². The predicted octanol–water partition coefficient (Wildman–Crippen LogP) is 5.06. The molecule has 1 aliphatic rings. The number of aromatic nitrogens is 1. The molecule has 0 radical (unpaired) electrons. The first-order valence-electron chi connectivity index (χ1n) is 8.33. The van der Waals surface area contributed by atoms with Crippen LogP contribution in [0.25, 0.3) is 17.0 Å². The standard InChI is InChI=1S/C20H24FNO/c1-4-13-11-15-7-10-18(22-19(15)17(21)12-13)14-5-8-16(9-6-14)20(2,3)23/h4,7,10-12,14,16,23H,1,5-6,8-9H2,2-3H3. The van der Waals surface area contributed by atoms with Crippen LogP contribution >= 0.6 is 0 Å². The van der Waals surface area contributed by atoms with Gasteiger partial charge in [-0.1, -0.05) is 18.7 Å². The first kappa shape index (κ1) is 16.1. The lowest BCUT2D eigenvalue weighted by molar-refractivity contribution is -0.00171. The molecule has 1 fully saturated rings. The van der Waals surface area contributed by atoms with Crippen LogP contribution in [0, 0.1) is 11.7 Å². The summed E-state index contributed by atoms with van der Waals surface area (Å²) in [6.07, 6.45) is 5.63. The summed E-state index contributed by atoms with van der Waals surface area (Å²) in [4.78, 5) is 4.59. The summed E-state index contributed by atoms with van der Waals surface area (Å²) in [6, 6.07) is 7.37. The number of halogens is 1. The molecule has 1 saturated carbocycles. The lowest BCUT2D eigenvalue weighted by Crippen LogP contribution is -2.33. The maximum absolute atomic E-state index is 14.3. The van der Waals surface area contributed by atoms with Crippen molar-refractivity contribution in [1.29, 1.82) is 0 Å². The van der Waals surface area contributed by atoms with Gasteiger partial charge in [0.15, 0.2) is 0 Å². The van der Waals surface area contributed by atoms with Crippen LogP contribution in [0.5, 0.6) is 0 Å². The van der Waals surface area contributed by atoms with Crippen LogP contribution in [0.2, 0.25) is 0 Å². The Labute approximate surface area is 137 Å². The monoisotopic (exact) mass is 313 g/mol. The molecular formula is C20H24FNO. The lowest BCUT2D eigenvalue weighted by Gasteiger charge is -2.35. The molecule has 3 rings (SSSR count). The third-order valence-corrected chi connectivity index (χ3v) is 5.17. The zero-order chi connectivity index (χ0) is 16.6. The minimum atomic E-state index is -0.616. The van der Waals surface area contributed by atoms with E-state index >= 15 is 0 Å². The molecular weight excluding hydrogens is 289 g/mol. The molecule has 1 aromatic carbocycles. The Morgan fingerprint density at radius 2 is 1.91 bits per heavy atom. The Morgan fingerprint density at radius 1 is 1.22 bits per heavy atom. The number of pyridine rings is 1. The van der Waals surface area contributed by atoms with Crippen LogP contribution in [-0.4, -0.2) is 15.7 Å². The van der Waals surface area contributed by atoms with Crippen molar-refractivity contribution in [2.75, 3.05) is 0 Å². The van der Waals surface area contributed by atoms with Crippen molar-refractivity contribution in [1.82, 2.24) is 4.98 Å². The van der Waals surface area contributed by atoms with Crippen LogP contribution in [0.15, 0.2) is 30.8 Å². The number of fused-ring (bicyclic) bond motifs is 1. The normalized spacial score (nSPS) is 22.3. The Balaban J connectivity index is 1.85. The summed E-state index contributed by atoms with van der Waals surface area (Å²) < 4.78 is 14.3. The molecule has 0 bridgehead atoms. The zero-order valence-corrected chi connectivity index (χ0v) is 13.8. The van der Waals surface area contributed by atoms with Gasteiger partial charge in [0.05, 0.1) is 5.60 Å². The minimum Gasteiger partial charge on any atom is -0.390 e. The van der Waals surface area contributed by atoms with Crippen molar-refractivity contribution in [3.05, 3.63) is 47.9 Å². The molecule has 1 N–H and O–H groups in total. The second kappa shape index (κ2) is 6.04. The molecule has 2 aromatic rings. The third-order valence-electron chi connectivity index (χ3n) is 5.17. The number of rotatable bonds is 3. The summed E-state index contributed by atoms with van der Waals surface area (Å²) >= 11 is 0. The second-order valence-electron chi connectivity index (χ2n) is 7.22. The summed E-state index contributed by atoms with van der Waals surface area (Å²) in [5, 5.41) is 11.0. The van der Waals surface area contributed by atoms with E-state index in [4.69, 9.17) is 0 Å². The lowest BCUT2D eigenvalue weighted by atomic mass is 9.74. The van der Waals surface area contributed by atoms with Gasteiger partial charge in [-0.2, -0.15) is 0 Å². The zero-order valence-electron chi connectivity index (χ0n) is 13.8. The number of hydrogen-bond donors (Lipinski definition) is 1. The van der Waals surface area contributed by atoms with Gasteiger partial charge in [-0.3, -0.25) is 0 Å². The highest BCUT2D eigenvalue weighted by atomic mass is 19.1. The fourth-order valence-electron chi connectivity index (χ4n) is 3.67. The summed E-state index contributed by atoms with van der Waals surface area (Å²) in [5.74, 6) is 0.409. The summed E-state index contributed by atoms with van der Waals surface area (Å²) in [6.45, 7) is 7.46. The van der Waals surface area contributed by atoms with Gasteiger partial charge >= 0.3 is 0 Å². The molecule has 0 amide bonds. The van der Waals surface area contributed by atoms with E-state index in [1.165, 1.54) is 6.07 Å². The average Bonchev–Trinajstić information content (AvgIpc) is 2.53. The van der Waals surface area contributed by atoms with Gasteiger partial charge < -0.3 is 5.11 Å². The number of nitrogens with zero attached hydrogens (tertiary/aromatic N) is 1. The largest absolute Gasteiger partial charge is 0.390 e. The highest BCUT2D eigenvalue weighted by molar-refractivity contribution is 5.82. The maximum Gasteiger partial charge on any atom is 0.150 e. The Kier molecular flexibility index (Phi) is 4.24. The number of aliphatic hydroxyl groups is 1. The molecule has 0 aliphatic heterocycles. The van der Waals surface area contributed by atoms with Gasteiger partial charge in [0.1, 0.15) is 11.3 Å². The van der Waals surface area contributed by atoms with E-state index in [2.05, 4.69) is 11.6 Å². The molecule has 23 heavy (non-hydrogen) atoms. The van der Waals surface area contributed by atoms with Crippen LogP contribution in [0.3, 0.4) is 0 Å². The summed E-state index contributed by atoms with van der Waals surface area (Å²) in [7, 11) is 0. The van der Waals surface area contributed by atoms with Crippen LogP contribution in [0.4, 0.5) is 4.39 Å². The Hall–Kier alpha value is -1.74. The second-order valence-corrected chi connectivity index (χ2v) is 7.22. The molecule has 122 valence electrons. The molecule has 2 nitrogen and oxygen atoms in total. The Morgan fingerprint density at radius 3 is 2.52 bits per heavy atom. The molecule has 1 heterocycles. The van der Waals surface area contributed by atoms with Crippen LogP contribution < -0.4 is 0 Å². The van der Waals surface area contributed by atoms with E-state index in [9.17, 15) is 9.50 Å². The maximum atomic E-state index is 14.3. The molecule has 1 aromatic heterocycles. The average molecular weight is 313 g/mol. The fraction of sp³-hybridized carbons (Fsp3) is 0.450. The molecule has 1 aliphatic carbocycles. The van der Waals surface area contributed by atoms with Gasteiger partial charge in [0, 0.05) is 17.0 Å². The van der Waals surface area contributed by atoms with Gasteiger partial charge in [-0.15, -0.1) is 0 Å². The molecule has 0 unspecified atom stereocenters. The van der Waals surface area contributed by atoms with E-state index in [1.807, 2.05) is 32.0 Å². The smallest absolute Gasteiger partial charge is 0.150 e. The SMILES string of the molecule is C=Cc1cc(F)c2nc(C3CCC(C(C)(C)O)CC3)ccc2c1. The van der Waals surface area contributed by atoms with Crippen molar-refractivity contribution in [3.8, 4) is 0 Å². The van der Waals surface area contributed by atoms with Crippen LogP contribution in [-0.2, 0) is 0 Å². The van der Waals surface area contributed by atoms with Crippen molar-refractivity contribution in [3.63, 3.8) is 0 Å². The molecule has 3 heteroatoms. The first-order valence-corrected chi connectivity index (χ1v) is 8.33. The predicted molar refractivity (Wildman–Crippen MR) is 92.8 cm³/mol. The van der Waals surface area contributed by atoms with E-state index in [0.29, 0.717) is 17.4 Å². The molecule has 0 saturated heterocycles. The van der Waals surface area contributed by atoms with Gasteiger partial charge in [-0.05, 0) is 69.2 Å². The van der Waals surface area contributed by atoms with Gasteiger partial charge in [0.2, 0.25) is 0 Å². The van der Waals surface area contributed by atoms with Crippen LogP contribution in [0.1, 0.15) is 56.7 Å². The van der Waals surface area contributed by atoms with Crippen molar-refractivity contribution in [2.24, 2.45) is 5.92 Å². The van der Waals surface area contributed by atoms with Crippen molar-refractivity contribution >= 4 is 17.0 Å². The number of hydrogen-bond acceptors (Lipinski definition) is 2. The van der Waals surface area contributed by atoms with E-state index in [1.54, 1.807) is 6.08 Å². The minimum absolute atomic E-state index is 0.288. The first-order chi connectivity index (χ1) is 10.9. The highest BCUT2D eigenvalue weighted by Crippen LogP contribution is 2.39. The quantitative estimate of drug-likeness (QED) is 0.859. The molecule has 0 atom stereocenters. The van der Waals surface area contributed by atoms with E-state index < -0.39 is 5.60 Å². The highest BCUT2D eigenvalue weighted by Gasteiger charge is 2.32. The Bertz CT molecular complexity index is 724. The van der Waals surface area contributed by atoms with E-state index in [0.717, 1.165) is 42.3 Å². The summed E-state index contributed by atoms with van der Waals surface area (Å²) in [5.41, 5.74) is 1.57.